The monoisotopic (exact) mass is 313 g/mol. The van der Waals surface area contributed by atoms with Crippen LogP contribution in [0.3, 0.4) is 0 Å². The minimum absolute atomic E-state index is 0.0125. The number of hydrogen-bond acceptors (Lipinski definition) is 3. The van der Waals surface area contributed by atoms with Crippen LogP contribution in [0.15, 0.2) is 24.3 Å². The molecule has 1 aromatic rings. The predicted octanol–water partition coefficient (Wildman–Crippen LogP) is 2.67. The molecule has 0 radical (unpaired) electrons. The molecule has 0 aliphatic heterocycles. The van der Waals surface area contributed by atoms with Crippen LogP contribution in [0, 0.1) is 5.92 Å². The van der Waals surface area contributed by atoms with Crippen molar-refractivity contribution in [1.29, 1.82) is 0 Å². The highest BCUT2D eigenvalue weighted by Gasteiger charge is 2.45. The van der Waals surface area contributed by atoms with Gasteiger partial charge < -0.3 is 10.4 Å². The molecule has 110 valence electrons. The summed E-state index contributed by atoms with van der Waals surface area (Å²) in [4.78, 5) is 12.2. The van der Waals surface area contributed by atoms with Crippen LogP contribution in [0.1, 0.15) is 24.8 Å². The van der Waals surface area contributed by atoms with Gasteiger partial charge in [0, 0.05) is 22.2 Å². The van der Waals surface area contributed by atoms with Gasteiger partial charge in [0.1, 0.15) is 0 Å². The summed E-state index contributed by atoms with van der Waals surface area (Å²) in [6, 6.07) is 7.67. The molecule has 20 heavy (non-hydrogen) atoms. The van der Waals surface area contributed by atoms with Crippen LogP contribution in [0.2, 0.25) is 5.02 Å². The van der Waals surface area contributed by atoms with E-state index < -0.39 is 0 Å². The number of halogens is 1. The molecule has 1 aliphatic carbocycles. The molecule has 0 aromatic heterocycles. The van der Waals surface area contributed by atoms with Crippen LogP contribution in [0.5, 0.6) is 0 Å². The molecule has 1 aliphatic rings. The van der Waals surface area contributed by atoms with Crippen LogP contribution in [-0.4, -0.2) is 35.2 Å². The Kier molecular flexibility index (Phi) is 5.35. The average molecular weight is 314 g/mol. The number of rotatable bonds is 6. The SMILES string of the molecule is CSC(CO)C(C)NC(=O)C1CC1c1ccccc1Cl. The fraction of sp³-hybridized carbons (Fsp3) is 0.533. The fourth-order valence-electron chi connectivity index (χ4n) is 2.47. The Balaban J connectivity index is 1.92. The molecule has 1 aromatic carbocycles. The molecule has 0 spiro atoms. The second-order valence-electron chi connectivity index (χ2n) is 5.22. The summed E-state index contributed by atoms with van der Waals surface area (Å²) in [5.74, 6) is 0.311. The largest absolute Gasteiger partial charge is 0.395 e. The van der Waals surface area contributed by atoms with Crippen LogP contribution in [0.4, 0.5) is 0 Å². The molecule has 1 amide bonds. The number of carbonyl (C=O) groups excluding carboxylic acids is 1. The minimum atomic E-state index is -0.0324. The van der Waals surface area contributed by atoms with Gasteiger partial charge in [-0.15, -0.1) is 0 Å². The smallest absolute Gasteiger partial charge is 0.223 e. The van der Waals surface area contributed by atoms with Crippen LogP contribution >= 0.6 is 23.4 Å². The Morgan fingerprint density at radius 1 is 1.55 bits per heavy atom. The minimum Gasteiger partial charge on any atom is -0.395 e. The third-order valence-electron chi connectivity index (χ3n) is 3.84. The van der Waals surface area contributed by atoms with Crippen molar-refractivity contribution in [2.45, 2.75) is 30.6 Å². The van der Waals surface area contributed by atoms with E-state index in [2.05, 4.69) is 5.32 Å². The van der Waals surface area contributed by atoms with Gasteiger partial charge in [-0.25, -0.2) is 0 Å². The first-order valence-corrected chi connectivity index (χ1v) is 8.43. The number of amides is 1. The summed E-state index contributed by atoms with van der Waals surface area (Å²) in [6.45, 7) is 2.00. The first-order chi connectivity index (χ1) is 9.58. The maximum Gasteiger partial charge on any atom is 0.223 e. The average Bonchev–Trinajstić information content (AvgIpc) is 3.21. The highest BCUT2D eigenvalue weighted by Crippen LogP contribution is 2.49. The number of benzene rings is 1. The molecule has 0 saturated heterocycles. The Morgan fingerprint density at radius 2 is 2.25 bits per heavy atom. The van der Waals surface area contributed by atoms with Gasteiger partial charge in [0.2, 0.25) is 5.91 Å². The summed E-state index contributed by atoms with van der Waals surface area (Å²) in [7, 11) is 0. The van der Waals surface area contributed by atoms with Crippen molar-refractivity contribution < 1.29 is 9.90 Å². The lowest BCUT2D eigenvalue weighted by Gasteiger charge is -2.21. The lowest BCUT2D eigenvalue weighted by molar-refractivity contribution is -0.123. The van der Waals surface area contributed by atoms with Gasteiger partial charge in [0.25, 0.3) is 0 Å². The third-order valence-corrected chi connectivity index (χ3v) is 5.35. The molecular formula is C15H20ClNO2S. The van der Waals surface area contributed by atoms with Gasteiger partial charge in [-0.3, -0.25) is 4.79 Å². The maximum absolute atomic E-state index is 12.2. The van der Waals surface area contributed by atoms with E-state index in [-0.39, 0.29) is 35.6 Å². The standard InChI is InChI=1S/C15H20ClNO2S/c1-9(14(8-18)20-2)17-15(19)12-7-11(12)10-5-3-4-6-13(10)16/h3-6,9,11-12,14,18H,7-8H2,1-2H3,(H,17,19). The zero-order valence-corrected chi connectivity index (χ0v) is 13.2. The van der Waals surface area contributed by atoms with E-state index in [4.69, 9.17) is 11.6 Å². The summed E-state index contributed by atoms with van der Waals surface area (Å²) < 4.78 is 0. The molecule has 0 heterocycles. The zero-order valence-electron chi connectivity index (χ0n) is 11.7. The number of thioether (sulfide) groups is 1. The second-order valence-corrected chi connectivity index (χ2v) is 6.71. The van der Waals surface area contributed by atoms with Gasteiger partial charge in [-0.1, -0.05) is 29.8 Å². The lowest BCUT2D eigenvalue weighted by atomic mass is 10.1. The van der Waals surface area contributed by atoms with Gasteiger partial charge in [-0.05, 0) is 37.1 Å². The van der Waals surface area contributed by atoms with Gasteiger partial charge >= 0.3 is 0 Å². The van der Waals surface area contributed by atoms with Crippen molar-refractivity contribution in [3.63, 3.8) is 0 Å². The van der Waals surface area contributed by atoms with Crippen molar-refractivity contribution in [2.75, 3.05) is 12.9 Å². The van der Waals surface area contributed by atoms with E-state index in [0.29, 0.717) is 0 Å². The van der Waals surface area contributed by atoms with Crippen LogP contribution in [0.25, 0.3) is 0 Å². The van der Waals surface area contributed by atoms with Crippen molar-refractivity contribution in [2.24, 2.45) is 5.92 Å². The normalized spacial score (nSPS) is 24.0. The number of carbonyl (C=O) groups is 1. The van der Waals surface area contributed by atoms with Crippen molar-refractivity contribution >= 4 is 29.3 Å². The van der Waals surface area contributed by atoms with Crippen LogP contribution < -0.4 is 5.32 Å². The molecule has 5 heteroatoms. The molecular weight excluding hydrogens is 294 g/mol. The van der Waals surface area contributed by atoms with Gasteiger partial charge in [0.15, 0.2) is 0 Å². The third kappa shape index (κ3) is 3.48. The molecule has 2 N–H and O–H groups in total. The topological polar surface area (TPSA) is 49.3 Å². The highest BCUT2D eigenvalue weighted by molar-refractivity contribution is 7.99. The molecule has 0 bridgehead atoms. The first kappa shape index (κ1) is 15.7. The van der Waals surface area contributed by atoms with Gasteiger partial charge in [0.05, 0.1) is 6.61 Å². The Labute approximate surface area is 129 Å². The van der Waals surface area contributed by atoms with Crippen molar-refractivity contribution in [3.05, 3.63) is 34.9 Å². The number of nitrogens with one attached hydrogen (secondary N) is 1. The van der Waals surface area contributed by atoms with E-state index in [1.807, 2.05) is 37.4 Å². The lowest BCUT2D eigenvalue weighted by Crippen LogP contribution is -2.42. The molecule has 4 unspecified atom stereocenters. The summed E-state index contributed by atoms with van der Waals surface area (Å²) in [6.07, 6.45) is 2.79. The fourth-order valence-corrected chi connectivity index (χ4v) is 3.37. The molecule has 3 nitrogen and oxygen atoms in total. The quantitative estimate of drug-likeness (QED) is 0.849. The Morgan fingerprint density at radius 3 is 2.85 bits per heavy atom. The summed E-state index contributed by atoms with van der Waals surface area (Å²) in [5, 5.41) is 13.0. The van der Waals surface area contributed by atoms with Crippen LogP contribution in [-0.2, 0) is 4.79 Å². The van der Waals surface area contributed by atoms with Crippen molar-refractivity contribution in [1.82, 2.24) is 5.32 Å². The number of hydrogen-bond donors (Lipinski definition) is 2. The maximum atomic E-state index is 12.2. The van der Waals surface area contributed by atoms with E-state index in [9.17, 15) is 9.90 Å². The number of aliphatic hydroxyl groups excluding tert-OH is 1. The van der Waals surface area contributed by atoms with E-state index in [1.54, 1.807) is 11.8 Å². The molecule has 1 fully saturated rings. The molecule has 1 saturated carbocycles. The Hall–Kier alpha value is -0.710. The summed E-state index contributed by atoms with van der Waals surface area (Å²) in [5.41, 5.74) is 1.06. The van der Waals surface area contributed by atoms with Crippen molar-refractivity contribution in [3.8, 4) is 0 Å². The predicted molar refractivity (Wildman–Crippen MR) is 84.3 cm³/mol. The van der Waals surface area contributed by atoms with E-state index in [0.717, 1.165) is 17.0 Å². The molecule has 2 rings (SSSR count). The van der Waals surface area contributed by atoms with E-state index >= 15 is 0 Å². The Bertz CT molecular complexity index is 479. The molecule has 4 atom stereocenters. The van der Waals surface area contributed by atoms with E-state index in [1.165, 1.54) is 0 Å². The second kappa shape index (κ2) is 6.83. The summed E-state index contributed by atoms with van der Waals surface area (Å²) >= 11 is 7.73. The highest BCUT2D eigenvalue weighted by atomic mass is 35.5. The van der Waals surface area contributed by atoms with Gasteiger partial charge in [-0.2, -0.15) is 11.8 Å². The first-order valence-electron chi connectivity index (χ1n) is 6.77. The zero-order chi connectivity index (χ0) is 14.7. The number of aliphatic hydroxyl groups is 1.